The number of anilines is 1. The van der Waals surface area contributed by atoms with Gasteiger partial charge in [-0.15, -0.1) is 11.3 Å². The Morgan fingerprint density at radius 2 is 2.28 bits per heavy atom. The van der Waals surface area contributed by atoms with Gasteiger partial charge in [-0.2, -0.15) is 0 Å². The summed E-state index contributed by atoms with van der Waals surface area (Å²) < 4.78 is 0. The van der Waals surface area contributed by atoms with Gasteiger partial charge in [0.25, 0.3) is 0 Å². The molecule has 0 aliphatic heterocycles. The van der Waals surface area contributed by atoms with Crippen molar-refractivity contribution in [1.82, 2.24) is 10.3 Å². The van der Waals surface area contributed by atoms with Gasteiger partial charge < -0.3 is 11.1 Å². The van der Waals surface area contributed by atoms with Gasteiger partial charge >= 0.3 is 0 Å². The first-order valence-corrected chi connectivity index (χ1v) is 7.15. The Morgan fingerprint density at radius 3 is 2.94 bits per heavy atom. The van der Waals surface area contributed by atoms with E-state index in [-0.39, 0.29) is 0 Å². The molecule has 0 amide bonds. The zero-order chi connectivity index (χ0) is 12.8. The molecule has 2 rings (SSSR count). The number of nitrogens with two attached hydrogens (primary N) is 1. The number of thiophene rings is 1. The number of hydrogen-bond acceptors (Lipinski definition) is 4. The molecule has 96 valence electrons. The van der Waals surface area contributed by atoms with E-state index in [1.807, 2.05) is 6.07 Å². The zero-order valence-electron chi connectivity index (χ0n) is 10.6. The molecular formula is C14H19N3S. The quantitative estimate of drug-likeness (QED) is 0.840. The number of hydrogen-bond donors (Lipinski definition) is 2. The maximum atomic E-state index is 5.92. The van der Waals surface area contributed by atoms with Gasteiger partial charge in [0.05, 0.1) is 0 Å². The molecule has 0 spiro atoms. The van der Waals surface area contributed by atoms with Crippen molar-refractivity contribution in [3.05, 3.63) is 46.3 Å². The molecule has 18 heavy (non-hydrogen) atoms. The van der Waals surface area contributed by atoms with Gasteiger partial charge in [0, 0.05) is 17.1 Å². The standard InChI is InChI=1S/C14H19N3S/c1-2-7-16-12(13-6-4-9-18-13)10-11-5-3-8-17-14(11)15/h3-6,8-9,12,16H,2,7,10H2,1H3,(H2,15,17). The topological polar surface area (TPSA) is 50.9 Å². The lowest BCUT2D eigenvalue weighted by atomic mass is 10.1. The highest BCUT2D eigenvalue weighted by Gasteiger charge is 2.14. The van der Waals surface area contributed by atoms with Gasteiger partial charge in [-0.05, 0) is 42.5 Å². The van der Waals surface area contributed by atoms with Crippen molar-refractivity contribution in [3.8, 4) is 0 Å². The molecule has 0 aromatic carbocycles. The first kappa shape index (κ1) is 13.1. The summed E-state index contributed by atoms with van der Waals surface area (Å²) in [5.41, 5.74) is 7.03. The molecule has 3 N–H and O–H groups in total. The molecule has 1 unspecified atom stereocenters. The molecule has 0 saturated heterocycles. The van der Waals surface area contributed by atoms with Gasteiger partial charge in [-0.25, -0.2) is 4.98 Å². The summed E-state index contributed by atoms with van der Waals surface area (Å²) in [6, 6.07) is 8.59. The van der Waals surface area contributed by atoms with Crippen LogP contribution in [0.1, 0.15) is 29.8 Å². The molecule has 0 fully saturated rings. The SMILES string of the molecule is CCCNC(Cc1cccnc1N)c1cccs1. The average Bonchev–Trinajstić information content (AvgIpc) is 2.90. The van der Waals surface area contributed by atoms with Gasteiger partial charge in [0.2, 0.25) is 0 Å². The summed E-state index contributed by atoms with van der Waals surface area (Å²) in [4.78, 5) is 5.50. The summed E-state index contributed by atoms with van der Waals surface area (Å²) in [5.74, 6) is 0.636. The molecule has 0 aliphatic rings. The summed E-state index contributed by atoms with van der Waals surface area (Å²) >= 11 is 1.78. The van der Waals surface area contributed by atoms with Crippen LogP contribution in [-0.2, 0) is 6.42 Å². The molecule has 0 bridgehead atoms. The fourth-order valence-electron chi connectivity index (χ4n) is 1.92. The largest absolute Gasteiger partial charge is 0.383 e. The third kappa shape index (κ3) is 3.31. The molecular weight excluding hydrogens is 242 g/mol. The Bertz CT molecular complexity index is 468. The van der Waals surface area contributed by atoms with E-state index in [4.69, 9.17) is 5.73 Å². The minimum Gasteiger partial charge on any atom is -0.383 e. The Balaban J connectivity index is 2.13. The summed E-state index contributed by atoms with van der Waals surface area (Å²) in [6.45, 7) is 3.19. The lowest BCUT2D eigenvalue weighted by molar-refractivity contribution is 0.536. The van der Waals surface area contributed by atoms with Crippen LogP contribution in [-0.4, -0.2) is 11.5 Å². The summed E-state index contributed by atoms with van der Waals surface area (Å²) in [5, 5.41) is 5.69. The van der Waals surface area contributed by atoms with Gasteiger partial charge in [-0.1, -0.05) is 19.1 Å². The summed E-state index contributed by atoms with van der Waals surface area (Å²) in [7, 11) is 0. The second kappa shape index (κ2) is 6.52. The number of nitrogen functional groups attached to an aromatic ring is 1. The average molecular weight is 261 g/mol. The van der Waals surface area contributed by atoms with Crippen LogP contribution in [0.3, 0.4) is 0 Å². The lowest BCUT2D eigenvalue weighted by Crippen LogP contribution is -2.23. The highest BCUT2D eigenvalue weighted by molar-refractivity contribution is 7.10. The second-order valence-electron chi connectivity index (χ2n) is 4.27. The maximum absolute atomic E-state index is 5.92. The Morgan fingerprint density at radius 1 is 1.39 bits per heavy atom. The van der Waals surface area contributed by atoms with Crippen LogP contribution in [0.2, 0.25) is 0 Å². The molecule has 2 aromatic heterocycles. The maximum Gasteiger partial charge on any atom is 0.126 e. The van der Waals surface area contributed by atoms with Crippen LogP contribution < -0.4 is 11.1 Å². The Labute approximate surface area is 112 Å². The van der Waals surface area contributed by atoms with E-state index in [2.05, 4.69) is 40.8 Å². The van der Waals surface area contributed by atoms with E-state index in [0.29, 0.717) is 11.9 Å². The van der Waals surface area contributed by atoms with Crippen molar-refractivity contribution in [2.75, 3.05) is 12.3 Å². The van der Waals surface area contributed by atoms with Crippen LogP contribution in [0.5, 0.6) is 0 Å². The minimum absolute atomic E-state index is 0.330. The number of nitrogens with one attached hydrogen (secondary N) is 1. The summed E-state index contributed by atoms with van der Waals surface area (Å²) in [6.07, 6.45) is 3.75. The van der Waals surface area contributed by atoms with Crippen LogP contribution >= 0.6 is 11.3 Å². The van der Waals surface area contributed by atoms with Crippen molar-refractivity contribution in [3.63, 3.8) is 0 Å². The fraction of sp³-hybridized carbons (Fsp3) is 0.357. The smallest absolute Gasteiger partial charge is 0.126 e. The van der Waals surface area contributed by atoms with Crippen molar-refractivity contribution in [2.45, 2.75) is 25.8 Å². The predicted octanol–water partition coefficient (Wildman–Crippen LogP) is 3.01. The van der Waals surface area contributed by atoms with Crippen LogP contribution in [0.15, 0.2) is 35.8 Å². The van der Waals surface area contributed by atoms with Gasteiger partial charge in [0.15, 0.2) is 0 Å². The van der Waals surface area contributed by atoms with Crippen LogP contribution in [0.4, 0.5) is 5.82 Å². The lowest BCUT2D eigenvalue weighted by Gasteiger charge is -2.17. The molecule has 0 radical (unpaired) electrons. The van der Waals surface area contributed by atoms with Crippen molar-refractivity contribution >= 4 is 17.2 Å². The first-order chi connectivity index (χ1) is 8.81. The molecule has 1 atom stereocenters. The van der Waals surface area contributed by atoms with Gasteiger partial charge in [0.1, 0.15) is 5.82 Å². The van der Waals surface area contributed by atoms with Crippen molar-refractivity contribution < 1.29 is 0 Å². The number of pyridine rings is 1. The third-order valence-electron chi connectivity index (χ3n) is 2.88. The molecule has 0 saturated carbocycles. The van der Waals surface area contributed by atoms with Crippen LogP contribution in [0, 0.1) is 0 Å². The van der Waals surface area contributed by atoms with Gasteiger partial charge in [-0.3, -0.25) is 0 Å². The van der Waals surface area contributed by atoms with E-state index in [1.165, 1.54) is 4.88 Å². The van der Waals surface area contributed by atoms with Crippen molar-refractivity contribution in [2.24, 2.45) is 0 Å². The van der Waals surface area contributed by atoms with Crippen molar-refractivity contribution in [1.29, 1.82) is 0 Å². The van der Waals surface area contributed by atoms with Crippen LogP contribution in [0.25, 0.3) is 0 Å². The molecule has 3 nitrogen and oxygen atoms in total. The predicted molar refractivity (Wildman–Crippen MR) is 77.7 cm³/mol. The molecule has 4 heteroatoms. The zero-order valence-corrected chi connectivity index (χ0v) is 11.4. The van der Waals surface area contributed by atoms with E-state index in [0.717, 1.165) is 24.9 Å². The fourth-order valence-corrected chi connectivity index (χ4v) is 2.73. The number of nitrogens with zero attached hydrogens (tertiary/aromatic N) is 1. The van der Waals surface area contributed by atoms with E-state index < -0.39 is 0 Å². The van der Waals surface area contributed by atoms with E-state index >= 15 is 0 Å². The van der Waals surface area contributed by atoms with E-state index in [9.17, 15) is 0 Å². The highest BCUT2D eigenvalue weighted by atomic mass is 32.1. The second-order valence-corrected chi connectivity index (χ2v) is 5.25. The molecule has 2 heterocycles. The number of aromatic nitrogens is 1. The molecule has 0 aliphatic carbocycles. The molecule has 2 aromatic rings. The Kier molecular flexibility index (Phi) is 4.73. The third-order valence-corrected chi connectivity index (χ3v) is 3.86. The monoisotopic (exact) mass is 261 g/mol. The Hall–Kier alpha value is -1.39. The highest BCUT2D eigenvalue weighted by Crippen LogP contribution is 2.24. The first-order valence-electron chi connectivity index (χ1n) is 6.27. The van der Waals surface area contributed by atoms with E-state index in [1.54, 1.807) is 17.5 Å². The minimum atomic E-state index is 0.330. The normalized spacial score (nSPS) is 12.5. The number of rotatable bonds is 6.